The topological polar surface area (TPSA) is 85.2 Å². The molecule has 48 heavy (non-hydrogen) atoms. The first-order valence-corrected chi connectivity index (χ1v) is 18.2. The molecular formula is C38H38Cl2N4O3Si. The van der Waals surface area contributed by atoms with E-state index in [1.54, 1.807) is 24.4 Å². The van der Waals surface area contributed by atoms with Gasteiger partial charge >= 0.3 is 0 Å². The molecule has 0 fully saturated rings. The van der Waals surface area contributed by atoms with Crippen molar-refractivity contribution in [3.05, 3.63) is 142 Å². The summed E-state index contributed by atoms with van der Waals surface area (Å²) in [6.45, 7) is 8.60. The molecule has 0 unspecified atom stereocenters. The number of pyridine rings is 1. The zero-order valence-electron chi connectivity index (χ0n) is 27.3. The maximum atomic E-state index is 12.7. The molecule has 3 aromatic carbocycles. The van der Waals surface area contributed by atoms with E-state index in [1.807, 2.05) is 47.2 Å². The second kappa shape index (κ2) is 15.2. The highest BCUT2D eigenvalue weighted by Crippen LogP contribution is 2.39. The number of hydrogen-bond donors (Lipinski definition) is 2. The monoisotopic (exact) mass is 696 g/mol. The Balaban J connectivity index is 1.36. The Bertz CT molecular complexity index is 1860. The van der Waals surface area contributed by atoms with Crippen molar-refractivity contribution >= 4 is 65.6 Å². The number of aromatic nitrogens is 2. The van der Waals surface area contributed by atoms with E-state index in [0.717, 1.165) is 16.9 Å². The number of halogens is 2. The lowest BCUT2D eigenvalue weighted by atomic mass is 10.2. The molecule has 2 amide bonds. The lowest BCUT2D eigenvalue weighted by molar-refractivity contribution is -0.116. The van der Waals surface area contributed by atoms with Crippen LogP contribution < -0.4 is 21.0 Å². The standard InChI is InChI=1S/C38H38Cl2N4O3Si/c1-27(45)43-35-21-17-28(24-41-35)18-22-36(46)42-25-29-12-11-23-44(29)34-20-19-33(39)32(37(34)40)26-47-48(38(2,3)4,30-13-7-5-8-14-30)31-15-9-6-10-16-31/h5-24H,25-26H2,1-4H3,(H,42,46)(H,41,43,45)/b22-18+. The van der Waals surface area contributed by atoms with Crippen LogP contribution in [0, 0.1) is 0 Å². The van der Waals surface area contributed by atoms with Crippen molar-refractivity contribution in [3.8, 4) is 5.69 Å². The van der Waals surface area contributed by atoms with Gasteiger partial charge in [0.2, 0.25) is 11.8 Å². The minimum atomic E-state index is -2.84. The van der Waals surface area contributed by atoms with Gasteiger partial charge in [0.25, 0.3) is 8.32 Å². The second-order valence-electron chi connectivity index (χ2n) is 12.4. The number of anilines is 1. The van der Waals surface area contributed by atoms with E-state index in [-0.39, 0.29) is 30.0 Å². The number of nitrogens with zero attached hydrogens (tertiary/aromatic N) is 2. The van der Waals surface area contributed by atoms with Gasteiger partial charge in [-0.25, -0.2) is 4.98 Å². The third kappa shape index (κ3) is 7.80. The molecule has 10 heteroatoms. The van der Waals surface area contributed by atoms with Crippen LogP contribution in [-0.4, -0.2) is 29.7 Å². The molecule has 0 saturated carbocycles. The predicted molar refractivity (Wildman–Crippen MR) is 198 cm³/mol. The van der Waals surface area contributed by atoms with Gasteiger partial charge < -0.3 is 19.6 Å². The highest BCUT2D eigenvalue weighted by atomic mass is 35.5. The van der Waals surface area contributed by atoms with E-state index < -0.39 is 8.32 Å². The minimum Gasteiger partial charge on any atom is -0.403 e. The van der Waals surface area contributed by atoms with Crippen molar-refractivity contribution in [2.75, 3.05) is 5.32 Å². The SMILES string of the molecule is CC(=O)Nc1ccc(/C=C/C(=O)NCc2cccn2-c2ccc(Cl)c(CO[Si](c3ccccc3)(c3ccccc3)C(C)(C)C)c2Cl)cn1. The van der Waals surface area contributed by atoms with E-state index >= 15 is 0 Å². The van der Waals surface area contributed by atoms with Crippen LogP contribution >= 0.6 is 23.2 Å². The van der Waals surface area contributed by atoms with Crippen molar-refractivity contribution in [3.63, 3.8) is 0 Å². The Hall–Kier alpha value is -4.47. The highest BCUT2D eigenvalue weighted by Gasteiger charge is 2.50. The van der Waals surface area contributed by atoms with E-state index in [4.69, 9.17) is 27.6 Å². The third-order valence-corrected chi connectivity index (χ3v) is 13.8. The van der Waals surface area contributed by atoms with Crippen LogP contribution in [0.25, 0.3) is 11.8 Å². The van der Waals surface area contributed by atoms with Gasteiger partial charge in [0, 0.05) is 41.7 Å². The number of benzene rings is 3. The fourth-order valence-corrected chi connectivity index (χ4v) is 10.9. The van der Waals surface area contributed by atoms with Gasteiger partial charge in [-0.2, -0.15) is 0 Å². The molecule has 0 aliphatic heterocycles. The second-order valence-corrected chi connectivity index (χ2v) is 17.5. The van der Waals surface area contributed by atoms with E-state index in [0.29, 0.717) is 21.4 Å². The number of rotatable bonds is 11. The molecule has 0 atom stereocenters. The van der Waals surface area contributed by atoms with E-state index in [2.05, 4.69) is 84.9 Å². The van der Waals surface area contributed by atoms with Gasteiger partial charge in [-0.05, 0) is 63.4 Å². The minimum absolute atomic E-state index is 0.199. The normalized spacial score (nSPS) is 11.9. The molecule has 5 aromatic rings. The number of hydrogen-bond acceptors (Lipinski definition) is 4. The summed E-state index contributed by atoms with van der Waals surface area (Å²) in [5.74, 6) is -0.0200. The summed E-state index contributed by atoms with van der Waals surface area (Å²) >= 11 is 13.9. The molecule has 0 bridgehead atoms. The smallest absolute Gasteiger partial charge is 0.261 e. The van der Waals surface area contributed by atoms with Gasteiger partial charge in [-0.1, -0.05) is 105 Å². The first-order chi connectivity index (χ1) is 23.0. The molecule has 7 nitrogen and oxygen atoms in total. The number of carbonyl (C=O) groups is 2. The third-order valence-electron chi connectivity index (χ3n) is 8.07. The molecule has 2 aromatic heterocycles. The Labute approximate surface area is 292 Å². The largest absolute Gasteiger partial charge is 0.403 e. The zero-order valence-corrected chi connectivity index (χ0v) is 29.8. The molecule has 0 saturated heterocycles. The van der Waals surface area contributed by atoms with Gasteiger partial charge in [0.05, 0.1) is 23.9 Å². The van der Waals surface area contributed by atoms with Crippen molar-refractivity contribution in [2.45, 2.75) is 45.9 Å². The summed E-state index contributed by atoms with van der Waals surface area (Å²) in [5, 5.41) is 8.69. The average molecular weight is 698 g/mol. The molecule has 0 radical (unpaired) electrons. The number of nitrogens with one attached hydrogen (secondary N) is 2. The summed E-state index contributed by atoms with van der Waals surface area (Å²) in [4.78, 5) is 28.1. The lowest BCUT2D eigenvalue weighted by Gasteiger charge is -2.43. The van der Waals surface area contributed by atoms with Crippen molar-refractivity contribution in [1.29, 1.82) is 0 Å². The first-order valence-electron chi connectivity index (χ1n) is 15.6. The maximum Gasteiger partial charge on any atom is 0.261 e. The van der Waals surface area contributed by atoms with Crippen LogP contribution in [0.4, 0.5) is 5.82 Å². The van der Waals surface area contributed by atoms with E-state index in [1.165, 1.54) is 23.4 Å². The summed E-state index contributed by atoms with van der Waals surface area (Å²) in [5.41, 5.74) is 3.00. The molecule has 0 aliphatic rings. The predicted octanol–water partition coefficient (Wildman–Crippen LogP) is 7.54. The Kier molecular flexibility index (Phi) is 11.0. The van der Waals surface area contributed by atoms with Gasteiger partial charge in [0.15, 0.2) is 0 Å². The van der Waals surface area contributed by atoms with Crippen LogP contribution in [0.15, 0.2) is 116 Å². The Morgan fingerprint density at radius 2 is 1.56 bits per heavy atom. The Morgan fingerprint density at radius 3 is 2.15 bits per heavy atom. The fourth-order valence-electron chi connectivity index (χ4n) is 5.81. The molecule has 2 N–H and O–H groups in total. The summed E-state index contributed by atoms with van der Waals surface area (Å²) in [6, 6.07) is 31.9. The van der Waals surface area contributed by atoms with Crippen LogP contribution in [-0.2, 0) is 27.2 Å². The van der Waals surface area contributed by atoms with Gasteiger partial charge in [-0.15, -0.1) is 0 Å². The molecule has 5 rings (SSSR count). The molecule has 0 spiro atoms. The molecular weight excluding hydrogens is 659 g/mol. The Morgan fingerprint density at radius 1 is 0.896 bits per heavy atom. The zero-order chi connectivity index (χ0) is 34.3. The van der Waals surface area contributed by atoms with Gasteiger partial charge in [0.1, 0.15) is 5.82 Å². The number of carbonyl (C=O) groups excluding carboxylic acids is 2. The first kappa shape index (κ1) is 34.9. The van der Waals surface area contributed by atoms with Crippen LogP contribution in [0.2, 0.25) is 15.1 Å². The average Bonchev–Trinajstić information content (AvgIpc) is 3.53. The summed E-state index contributed by atoms with van der Waals surface area (Å²) in [7, 11) is -2.84. The van der Waals surface area contributed by atoms with Crippen molar-refractivity contribution in [2.24, 2.45) is 0 Å². The number of amides is 2. The molecule has 246 valence electrons. The maximum absolute atomic E-state index is 12.7. The van der Waals surface area contributed by atoms with Gasteiger partial charge in [-0.3, -0.25) is 9.59 Å². The van der Waals surface area contributed by atoms with Crippen LogP contribution in [0.3, 0.4) is 0 Å². The van der Waals surface area contributed by atoms with Crippen LogP contribution in [0.1, 0.15) is 44.5 Å². The lowest BCUT2D eigenvalue weighted by Crippen LogP contribution is -2.66. The summed E-state index contributed by atoms with van der Waals surface area (Å²) in [6.07, 6.45) is 6.59. The molecule has 0 aliphatic carbocycles. The fraction of sp³-hybridized carbons (Fsp3) is 0.184. The van der Waals surface area contributed by atoms with E-state index in [9.17, 15) is 9.59 Å². The van der Waals surface area contributed by atoms with Crippen LogP contribution in [0.5, 0.6) is 0 Å². The quantitative estimate of drug-likeness (QED) is 0.110. The molecule has 2 heterocycles. The summed E-state index contributed by atoms with van der Waals surface area (Å²) < 4.78 is 9.10. The highest BCUT2D eigenvalue weighted by molar-refractivity contribution is 6.99. The van der Waals surface area contributed by atoms with Crippen molar-refractivity contribution < 1.29 is 14.0 Å². The van der Waals surface area contributed by atoms with Crippen molar-refractivity contribution in [1.82, 2.24) is 14.9 Å².